The Bertz CT molecular complexity index is 1660. The number of alkyl halides is 2. The van der Waals surface area contributed by atoms with Gasteiger partial charge in [0.2, 0.25) is 11.8 Å². The van der Waals surface area contributed by atoms with Crippen molar-refractivity contribution >= 4 is 29.0 Å². The molecule has 0 radical (unpaired) electrons. The molecule has 7 atom stereocenters. The van der Waals surface area contributed by atoms with Crippen LogP contribution in [0.2, 0.25) is 0 Å². The van der Waals surface area contributed by atoms with Crippen LogP contribution in [0.15, 0.2) is 18.2 Å². The number of nitrogens with one attached hydrogen (secondary N) is 1. The number of benzene rings is 1. The highest BCUT2D eigenvalue weighted by molar-refractivity contribution is 5.91. The molecule has 5 rings (SSSR count). The number of aromatic nitrogens is 2. The van der Waals surface area contributed by atoms with Crippen molar-refractivity contribution < 1.29 is 42.1 Å². The van der Waals surface area contributed by atoms with E-state index in [2.05, 4.69) is 21.2 Å². The number of alkyl carbamates (subject to hydrolysis) is 1. The molecule has 51 heavy (non-hydrogen) atoms. The zero-order chi connectivity index (χ0) is 37.2. The van der Waals surface area contributed by atoms with Crippen LogP contribution < -0.4 is 14.8 Å². The van der Waals surface area contributed by atoms with Gasteiger partial charge in [0.15, 0.2) is 5.69 Å². The lowest BCUT2D eigenvalue weighted by atomic mass is 9.85. The maximum atomic E-state index is 16.3. The highest BCUT2D eigenvalue weighted by atomic mass is 19.3. The monoisotopic (exact) mass is 712 g/mol. The number of esters is 1. The number of hydrogen-bond donors (Lipinski definition) is 1. The minimum absolute atomic E-state index is 0.0198. The fourth-order valence-electron chi connectivity index (χ4n) is 7.26. The molecule has 2 aromatic rings. The molecule has 2 amide bonds. The molecular weight excluding hydrogens is 662 g/mol. The van der Waals surface area contributed by atoms with Crippen molar-refractivity contribution in [1.82, 2.24) is 20.2 Å². The smallest absolute Gasteiger partial charge is 0.408 e. The molecule has 1 aliphatic carbocycles. The summed E-state index contributed by atoms with van der Waals surface area (Å²) in [5.74, 6) is -2.79. The number of ether oxygens (including phenoxy) is 4. The van der Waals surface area contributed by atoms with Crippen LogP contribution in [0, 0.1) is 41.4 Å². The Morgan fingerprint density at radius 2 is 1.88 bits per heavy atom. The van der Waals surface area contributed by atoms with Gasteiger partial charge in [-0.3, -0.25) is 4.79 Å². The molecule has 3 heterocycles. The number of halogens is 2. The maximum absolute atomic E-state index is 16.3. The highest BCUT2D eigenvalue weighted by Gasteiger charge is 2.52. The van der Waals surface area contributed by atoms with E-state index in [1.54, 1.807) is 45.9 Å². The minimum Gasteiger partial charge on any atom is -0.497 e. The first-order chi connectivity index (χ1) is 24.0. The van der Waals surface area contributed by atoms with Gasteiger partial charge in [0.05, 0.1) is 31.3 Å². The summed E-state index contributed by atoms with van der Waals surface area (Å²) < 4.78 is 55.7. The van der Waals surface area contributed by atoms with Crippen LogP contribution in [0.3, 0.4) is 0 Å². The predicted octanol–water partition coefficient (Wildman–Crippen LogP) is 6.27. The second-order valence-electron chi connectivity index (χ2n) is 15.6. The van der Waals surface area contributed by atoms with E-state index in [0.717, 1.165) is 0 Å². The summed E-state index contributed by atoms with van der Waals surface area (Å²) in [6, 6.07) is 2.50. The van der Waals surface area contributed by atoms with Crippen LogP contribution in [0.1, 0.15) is 85.8 Å². The first-order valence-corrected chi connectivity index (χ1v) is 17.8. The fraction of sp³-hybridized carbons (Fsp3) is 0.658. The fourth-order valence-corrected chi connectivity index (χ4v) is 7.26. The van der Waals surface area contributed by atoms with Gasteiger partial charge in [0, 0.05) is 24.3 Å². The van der Waals surface area contributed by atoms with Gasteiger partial charge < -0.3 is 29.2 Å². The Labute approximate surface area is 298 Å². The van der Waals surface area contributed by atoms with Gasteiger partial charge >= 0.3 is 12.1 Å². The van der Waals surface area contributed by atoms with E-state index in [9.17, 15) is 14.4 Å². The molecule has 0 unspecified atom stereocenters. The lowest BCUT2D eigenvalue weighted by Gasteiger charge is -2.35. The van der Waals surface area contributed by atoms with Crippen LogP contribution in [0.4, 0.5) is 13.6 Å². The SMILES string of the molecule is C#C[C@@H]1C[C@H]2CCCCC(F)(F)c3nc4ccc(OC)cc4nc3O[C@H]3CN(C(=O)[C@H](C(C)(C)C)NC(=O)O[C@@H]2C1)[C@H](C(=O)OCC(C)C)[C@@H]3C. The van der Waals surface area contributed by atoms with E-state index in [1.165, 1.54) is 12.0 Å². The van der Waals surface area contributed by atoms with Crippen molar-refractivity contribution in [2.45, 2.75) is 110 Å². The molecule has 3 aliphatic rings. The Hall–Kier alpha value is -4.21. The van der Waals surface area contributed by atoms with Crippen molar-refractivity contribution in [3.05, 3.63) is 23.9 Å². The van der Waals surface area contributed by atoms with Crippen molar-refractivity contribution in [3.63, 3.8) is 0 Å². The average molecular weight is 713 g/mol. The molecule has 2 fully saturated rings. The average Bonchev–Trinajstić information content (AvgIpc) is 3.61. The molecule has 13 heteroatoms. The second kappa shape index (κ2) is 15.2. The number of carbonyl (C=O) groups excluding carboxylic acids is 3. The molecule has 278 valence electrons. The van der Waals surface area contributed by atoms with Gasteiger partial charge in [0.25, 0.3) is 5.92 Å². The number of amides is 2. The summed E-state index contributed by atoms with van der Waals surface area (Å²) >= 11 is 0. The molecule has 0 spiro atoms. The van der Waals surface area contributed by atoms with E-state index < -0.39 is 71.6 Å². The van der Waals surface area contributed by atoms with Gasteiger partial charge in [-0.05, 0) is 55.1 Å². The van der Waals surface area contributed by atoms with E-state index in [1.807, 2.05) is 13.8 Å². The summed E-state index contributed by atoms with van der Waals surface area (Å²) in [5.41, 5.74) is -0.920. The van der Waals surface area contributed by atoms with Crippen LogP contribution in [-0.2, 0) is 25.0 Å². The van der Waals surface area contributed by atoms with Crippen molar-refractivity contribution in [3.8, 4) is 24.0 Å². The molecule has 2 bridgehead atoms. The van der Waals surface area contributed by atoms with Crippen molar-refractivity contribution in [1.29, 1.82) is 0 Å². The first kappa shape index (κ1) is 38.0. The largest absolute Gasteiger partial charge is 0.497 e. The second-order valence-corrected chi connectivity index (χ2v) is 15.6. The van der Waals surface area contributed by atoms with E-state index in [4.69, 9.17) is 25.4 Å². The van der Waals surface area contributed by atoms with Crippen molar-refractivity contribution in [2.24, 2.45) is 29.1 Å². The van der Waals surface area contributed by atoms with Gasteiger partial charge in [-0.15, -0.1) is 12.3 Å². The summed E-state index contributed by atoms with van der Waals surface area (Å²) in [6.45, 7) is 10.8. The standard InChI is InChI=1S/C38H50F2N4O7/c1-9-23-16-24-12-10-11-15-38(39,40)31-33(42-27-18-25(48-8)13-14-26(27)41-31)50-29-19-44(30(22(29)4)35(46)49-20-21(2)3)34(45)32(37(5,6)7)43-36(47)51-28(24)17-23/h1,13-14,18,21-24,28-30,32H,10-12,15-17,19-20H2,2-8H3,(H,43,47)/t22-,23-,24-,28-,29+,30+,32-/m1/s1. The van der Waals surface area contributed by atoms with Gasteiger partial charge in [-0.25, -0.2) is 19.6 Å². The third kappa shape index (κ3) is 8.47. The number of terminal acetylenes is 1. The normalized spacial score (nSPS) is 28.7. The first-order valence-electron chi connectivity index (χ1n) is 17.8. The molecule has 2 aliphatic heterocycles. The molecule has 1 aromatic heterocycles. The summed E-state index contributed by atoms with van der Waals surface area (Å²) in [4.78, 5) is 51.9. The third-order valence-electron chi connectivity index (χ3n) is 10.1. The molecule has 11 nitrogen and oxygen atoms in total. The summed E-state index contributed by atoms with van der Waals surface area (Å²) in [6.07, 6.45) is 5.08. The molecule has 1 N–H and O–H groups in total. The lowest BCUT2D eigenvalue weighted by Crippen LogP contribution is -2.57. The van der Waals surface area contributed by atoms with Gasteiger partial charge in [-0.2, -0.15) is 8.78 Å². The molecule has 1 aromatic carbocycles. The van der Waals surface area contributed by atoms with Gasteiger partial charge in [0.1, 0.15) is 30.0 Å². The molecular formula is C38H50F2N4O7. The Kier molecular flexibility index (Phi) is 11.3. The number of nitrogens with zero attached hydrogens (tertiary/aromatic N) is 3. The number of methoxy groups -OCH3 is 1. The minimum atomic E-state index is -3.43. The predicted molar refractivity (Wildman–Crippen MR) is 185 cm³/mol. The summed E-state index contributed by atoms with van der Waals surface area (Å²) in [5, 5.41) is 2.79. The van der Waals surface area contributed by atoms with Crippen LogP contribution in [0.5, 0.6) is 11.6 Å². The zero-order valence-electron chi connectivity index (χ0n) is 30.5. The zero-order valence-corrected chi connectivity index (χ0v) is 30.5. The van der Waals surface area contributed by atoms with E-state index in [0.29, 0.717) is 31.4 Å². The third-order valence-corrected chi connectivity index (χ3v) is 10.1. The molecule has 1 saturated carbocycles. The molecule has 1 saturated heterocycles. The maximum Gasteiger partial charge on any atom is 0.408 e. The van der Waals surface area contributed by atoms with Crippen LogP contribution in [0.25, 0.3) is 11.0 Å². The lowest BCUT2D eigenvalue weighted by molar-refractivity contribution is -0.156. The Balaban J connectivity index is 1.60. The summed E-state index contributed by atoms with van der Waals surface area (Å²) in [7, 11) is 1.48. The highest BCUT2D eigenvalue weighted by Crippen LogP contribution is 2.42. The van der Waals surface area contributed by atoms with Crippen molar-refractivity contribution in [2.75, 3.05) is 20.3 Å². The number of carbonyl (C=O) groups is 3. The quantitative estimate of drug-likeness (QED) is 0.288. The van der Waals surface area contributed by atoms with Gasteiger partial charge in [-0.1, -0.05) is 48.0 Å². The Morgan fingerprint density at radius 1 is 1.14 bits per heavy atom. The van der Waals surface area contributed by atoms with E-state index >= 15 is 8.78 Å². The topological polar surface area (TPSA) is 129 Å². The van der Waals surface area contributed by atoms with E-state index in [-0.39, 0.29) is 54.2 Å². The number of fused-ring (bicyclic) bond motifs is 5. The van der Waals surface area contributed by atoms with Crippen LogP contribution >= 0.6 is 0 Å². The number of rotatable bonds is 4. The van der Waals surface area contributed by atoms with Crippen LogP contribution in [-0.4, -0.2) is 77.4 Å². The number of hydrogen-bond acceptors (Lipinski definition) is 9. The Morgan fingerprint density at radius 3 is 2.55 bits per heavy atom.